The van der Waals surface area contributed by atoms with Crippen molar-refractivity contribution in [2.24, 2.45) is 0 Å². The molecule has 0 amide bonds. The van der Waals surface area contributed by atoms with Crippen LogP contribution in [-0.4, -0.2) is 89.5 Å². The molecule has 2 aliphatic heterocycles. The van der Waals surface area contributed by atoms with Gasteiger partial charge in [0, 0.05) is 7.11 Å². The van der Waals surface area contributed by atoms with E-state index >= 15 is 0 Å². The van der Waals surface area contributed by atoms with Gasteiger partial charge in [0.15, 0.2) is 0 Å². The Labute approximate surface area is 119 Å². The highest BCUT2D eigenvalue weighted by atomic mass is 16.6. The van der Waals surface area contributed by atoms with Crippen LogP contribution in [0.2, 0.25) is 0 Å². The highest BCUT2D eigenvalue weighted by Gasteiger charge is 2.26. The fourth-order valence-corrected chi connectivity index (χ4v) is 1.62. The molecule has 1 N–H and O–H groups in total. The quantitative estimate of drug-likeness (QED) is 0.445. The van der Waals surface area contributed by atoms with Gasteiger partial charge < -0.3 is 33.5 Å². The van der Waals surface area contributed by atoms with E-state index in [1.165, 1.54) is 0 Å². The summed E-state index contributed by atoms with van der Waals surface area (Å²) in [4.78, 5) is 0. The lowest BCUT2D eigenvalue weighted by molar-refractivity contribution is -0.0813. The molecule has 20 heavy (non-hydrogen) atoms. The molecule has 118 valence electrons. The first kappa shape index (κ1) is 16.1. The summed E-state index contributed by atoms with van der Waals surface area (Å²) in [5.41, 5.74) is 0. The molecular weight excluding hydrogens is 268 g/mol. The highest BCUT2D eigenvalue weighted by molar-refractivity contribution is 4.70. The number of rotatable bonds is 13. The van der Waals surface area contributed by atoms with Crippen molar-refractivity contribution < 1.29 is 33.5 Å². The van der Waals surface area contributed by atoms with Crippen molar-refractivity contribution in [2.75, 3.05) is 60.0 Å². The third-order valence-corrected chi connectivity index (χ3v) is 2.90. The molecule has 0 spiro atoms. The molecule has 0 bridgehead atoms. The van der Waals surface area contributed by atoms with Gasteiger partial charge in [0.25, 0.3) is 0 Å². The minimum Gasteiger partial charge on any atom is -0.388 e. The van der Waals surface area contributed by atoms with Crippen molar-refractivity contribution in [3.63, 3.8) is 0 Å². The number of ether oxygens (including phenoxy) is 6. The minimum absolute atomic E-state index is 0.160. The van der Waals surface area contributed by atoms with Crippen LogP contribution >= 0.6 is 0 Å². The summed E-state index contributed by atoms with van der Waals surface area (Å²) in [7, 11) is 1.54. The van der Waals surface area contributed by atoms with E-state index in [-0.39, 0.29) is 31.5 Å². The van der Waals surface area contributed by atoms with Gasteiger partial charge in [-0.05, 0) is 0 Å². The van der Waals surface area contributed by atoms with Crippen LogP contribution in [0, 0.1) is 0 Å². The second-order valence-electron chi connectivity index (χ2n) is 5.05. The van der Waals surface area contributed by atoms with E-state index in [0.29, 0.717) is 26.4 Å². The van der Waals surface area contributed by atoms with Gasteiger partial charge in [0.2, 0.25) is 0 Å². The van der Waals surface area contributed by atoms with Crippen molar-refractivity contribution in [1.29, 1.82) is 0 Å². The molecule has 2 heterocycles. The Morgan fingerprint density at radius 3 is 2.30 bits per heavy atom. The first-order chi connectivity index (χ1) is 9.78. The van der Waals surface area contributed by atoms with Crippen LogP contribution in [0.5, 0.6) is 0 Å². The standard InChI is InChI=1S/C13H24O7/c1-15-2-10(14)3-16-4-11(18-8-13-9-20-13)5-17-6-12-7-19-12/h10-14H,2-9H2,1H3. The van der Waals surface area contributed by atoms with Gasteiger partial charge in [-0.1, -0.05) is 0 Å². The fourth-order valence-electron chi connectivity index (χ4n) is 1.62. The van der Waals surface area contributed by atoms with E-state index < -0.39 is 6.10 Å². The summed E-state index contributed by atoms with van der Waals surface area (Å²) >= 11 is 0. The molecule has 7 nitrogen and oxygen atoms in total. The molecule has 0 aromatic heterocycles. The van der Waals surface area contributed by atoms with Gasteiger partial charge in [-0.3, -0.25) is 0 Å². The molecule has 2 saturated heterocycles. The van der Waals surface area contributed by atoms with Gasteiger partial charge in [-0.2, -0.15) is 0 Å². The lowest BCUT2D eigenvalue weighted by Gasteiger charge is -2.18. The molecule has 0 radical (unpaired) electrons. The Morgan fingerprint density at radius 2 is 1.65 bits per heavy atom. The Kier molecular flexibility index (Phi) is 7.15. The number of hydrogen-bond acceptors (Lipinski definition) is 7. The molecule has 0 aromatic carbocycles. The van der Waals surface area contributed by atoms with Crippen LogP contribution in [0.1, 0.15) is 0 Å². The lowest BCUT2D eigenvalue weighted by atomic mass is 10.3. The second kappa shape index (κ2) is 8.89. The normalized spacial score (nSPS) is 27.3. The van der Waals surface area contributed by atoms with E-state index in [4.69, 9.17) is 28.4 Å². The van der Waals surface area contributed by atoms with E-state index in [2.05, 4.69) is 0 Å². The van der Waals surface area contributed by atoms with Crippen molar-refractivity contribution in [3.05, 3.63) is 0 Å². The largest absolute Gasteiger partial charge is 0.388 e. The number of methoxy groups -OCH3 is 1. The predicted octanol–water partition coefficient (Wildman–Crippen LogP) is -0.790. The zero-order valence-electron chi connectivity index (χ0n) is 11.9. The third-order valence-electron chi connectivity index (χ3n) is 2.90. The Morgan fingerprint density at radius 1 is 1.00 bits per heavy atom. The van der Waals surface area contributed by atoms with Gasteiger partial charge in [0.1, 0.15) is 24.4 Å². The molecule has 0 aliphatic carbocycles. The summed E-state index contributed by atoms with van der Waals surface area (Å²) in [6.45, 7) is 3.99. The van der Waals surface area contributed by atoms with Crippen molar-refractivity contribution in [2.45, 2.75) is 24.4 Å². The number of hydrogen-bond donors (Lipinski definition) is 1. The van der Waals surface area contributed by atoms with E-state index in [9.17, 15) is 5.11 Å². The highest BCUT2D eigenvalue weighted by Crippen LogP contribution is 2.12. The van der Waals surface area contributed by atoms with Crippen molar-refractivity contribution in [1.82, 2.24) is 0 Å². The number of aliphatic hydroxyl groups is 1. The summed E-state index contributed by atoms with van der Waals surface area (Å²) in [5.74, 6) is 0. The van der Waals surface area contributed by atoms with Crippen molar-refractivity contribution in [3.8, 4) is 0 Å². The van der Waals surface area contributed by atoms with Gasteiger partial charge in [0.05, 0.1) is 52.9 Å². The van der Waals surface area contributed by atoms with Crippen LogP contribution < -0.4 is 0 Å². The molecule has 2 fully saturated rings. The first-order valence-corrected chi connectivity index (χ1v) is 6.95. The Bertz CT molecular complexity index is 255. The van der Waals surface area contributed by atoms with Crippen molar-refractivity contribution >= 4 is 0 Å². The Hall–Kier alpha value is -0.280. The molecule has 4 atom stereocenters. The van der Waals surface area contributed by atoms with E-state index in [1.54, 1.807) is 7.11 Å². The molecular formula is C13H24O7. The van der Waals surface area contributed by atoms with E-state index in [0.717, 1.165) is 13.2 Å². The lowest BCUT2D eigenvalue weighted by Crippen LogP contribution is -2.30. The molecule has 2 aliphatic rings. The second-order valence-corrected chi connectivity index (χ2v) is 5.05. The van der Waals surface area contributed by atoms with Gasteiger partial charge in [-0.15, -0.1) is 0 Å². The maximum absolute atomic E-state index is 9.49. The molecule has 0 saturated carbocycles. The average molecular weight is 292 g/mol. The van der Waals surface area contributed by atoms with Gasteiger partial charge >= 0.3 is 0 Å². The molecule has 7 heteroatoms. The predicted molar refractivity (Wildman–Crippen MR) is 68.7 cm³/mol. The van der Waals surface area contributed by atoms with Crippen LogP contribution in [0.25, 0.3) is 0 Å². The maximum atomic E-state index is 9.49. The summed E-state index contributed by atoms with van der Waals surface area (Å²) in [5, 5.41) is 9.49. The molecule has 0 aromatic rings. The average Bonchev–Trinajstić information content (AvgIpc) is 3.29. The summed E-state index contributed by atoms with van der Waals surface area (Å²) < 4.78 is 31.6. The fraction of sp³-hybridized carbons (Fsp3) is 1.00. The topological polar surface area (TPSA) is 82.2 Å². The molecule has 4 unspecified atom stereocenters. The van der Waals surface area contributed by atoms with Crippen LogP contribution in [0.3, 0.4) is 0 Å². The maximum Gasteiger partial charge on any atom is 0.104 e. The zero-order valence-corrected chi connectivity index (χ0v) is 11.9. The zero-order chi connectivity index (χ0) is 14.2. The number of aliphatic hydroxyl groups excluding tert-OH is 1. The van der Waals surface area contributed by atoms with E-state index in [1.807, 2.05) is 0 Å². The monoisotopic (exact) mass is 292 g/mol. The van der Waals surface area contributed by atoms with Crippen LogP contribution in [0.4, 0.5) is 0 Å². The summed E-state index contributed by atoms with van der Waals surface area (Å²) in [6, 6.07) is 0. The molecule has 2 rings (SSSR count). The minimum atomic E-state index is -0.617. The third kappa shape index (κ3) is 7.49. The SMILES string of the molecule is COCC(O)COCC(COCC1CO1)OCC1CO1. The van der Waals surface area contributed by atoms with Crippen LogP contribution in [-0.2, 0) is 28.4 Å². The first-order valence-electron chi connectivity index (χ1n) is 6.95. The summed E-state index contributed by atoms with van der Waals surface area (Å²) in [6.07, 6.45) is -0.323. The van der Waals surface area contributed by atoms with Crippen LogP contribution in [0.15, 0.2) is 0 Å². The Balaban J connectivity index is 1.55. The smallest absolute Gasteiger partial charge is 0.104 e. The van der Waals surface area contributed by atoms with Gasteiger partial charge in [-0.25, -0.2) is 0 Å². The number of epoxide rings is 2.